The van der Waals surface area contributed by atoms with E-state index < -0.39 is 0 Å². The molecular formula is C21H27N5O3. The third-order valence-corrected chi connectivity index (χ3v) is 5.73. The molecule has 0 aromatic carbocycles. The second-order valence-electron chi connectivity index (χ2n) is 7.74. The van der Waals surface area contributed by atoms with E-state index in [1.54, 1.807) is 18.4 Å². The lowest BCUT2D eigenvalue weighted by Gasteiger charge is -2.34. The van der Waals surface area contributed by atoms with E-state index in [0.717, 1.165) is 45.6 Å². The molecule has 2 fully saturated rings. The van der Waals surface area contributed by atoms with Crippen LogP contribution in [0.5, 0.6) is 0 Å². The molecule has 0 radical (unpaired) electrons. The number of furan rings is 1. The molecule has 4 rings (SSSR count). The number of amides is 1. The van der Waals surface area contributed by atoms with Crippen LogP contribution in [0, 0.1) is 11.3 Å². The predicted octanol–water partition coefficient (Wildman–Crippen LogP) is 2.77. The standard InChI is InChI=1S/C21H27N5O3/c22-15-17-21(29-20(24-17)18-7-4-14-28-18)26-12-10-25(11-13-26)9-8-19(27)23-16-5-2-1-3-6-16/h4,7,14,16H,1-3,5-6,8-13H2,(H,23,27). The number of nitrogens with one attached hydrogen (secondary N) is 1. The van der Waals surface area contributed by atoms with Crippen LogP contribution >= 0.6 is 0 Å². The first kappa shape index (κ1) is 19.5. The van der Waals surface area contributed by atoms with Crippen LogP contribution < -0.4 is 10.2 Å². The summed E-state index contributed by atoms with van der Waals surface area (Å²) >= 11 is 0. The smallest absolute Gasteiger partial charge is 0.266 e. The molecule has 3 heterocycles. The minimum atomic E-state index is 0.157. The molecule has 2 aromatic rings. The predicted molar refractivity (Wildman–Crippen MR) is 107 cm³/mol. The van der Waals surface area contributed by atoms with Gasteiger partial charge in [-0.05, 0) is 25.0 Å². The second kappa shape index (κ2) is 9.14. The van der Waals surface area contributed by atoms with Gasteiger partial charge in [-0.25, -0.2) is 0 Å². The molecule has 1 saturated heterocycles. The van der Waals surface area contributed by atoms with Crippen molar-refractivity contribution in [2.75, 3.05) is 37.6 Å². The lowest BCUT2D eigenvalue weighted by atomic mass is 9.95. The van der Waals surface area contributed by atoms with Crippen LogP contribution in [0.25, 0.3) is 11.7 Å². The third-order valence-electron chi connectivity index (χ3n) is 5.73. The highest BCUT2D eigenvalue weighted by Gasteiger charge is 2.25. The van der Waals surface area contributed by atoms with Crippen LogP contribution in [0.4, 0.5) is 5.88 Å². The number of anilines is 1. The number of oxazole rings is 1. The molecule has 0 bridgehead atoms. The molecular weight excluding hydrogens is 370 g/mol. The lowest BCUT2D eigenvalue weighted by molar-refractivity contribution is -0.122. The zero-order chi connectivity index (χ0) is 20.1. The van der Waals surface area contributed by atoms with Crippen molar-refractivity contribution in [3.8, 4) is 17.7 Å². The van der Waals surface area contributed by atoms with Gasteiger partial charge >= 0.3 is 0 Å². The Morgan fingerprint density at radius 2 is 2.03 bits per heavy atom. The van der Waals surface area contributed by atoms with Gasteiger partial charge in [0.2, 0.25) is 17.5 Å². The Morgan fingerprint density at radius 1 is 1.24 bits per heavy atom. The van der Waals surface area contributed by atoms with Gasteiger partial charge in [0.1, 0.15) is 6.07 Å². The van der Waals surface area contributed by atoms with Crippen molar-refractivity contribution in [3.63, 3.8) is 0 Å². The summed E-state index contributed by atoms with van der Waals surface area (Å²) < 4.78 is 11.1. The van der Waals surface area contributed by atoms with E-state index in [2.05, 4.69) is 21.3 Å². The molecule has 154 valence electrons. The molecule has 0 unspecified atom stereocenters. The van der Waals surface area contributed by atoms with Gasteiger partial charge in [0.05, 0.1) is 6.26 Å². The summed E-state index contributed by atoms with van der Waals surface area (Å²) in [5, 5.41) is 12.6. The van der Waals surface area contributed by atoms with Gasteiger partial charge in [-0.3, -0.25) is 9.69 Å². The molecule has 0 atom stereocenters. The molecule has 1 N–H and O–H groups in total. The van der Waals surface area contributed by atoms with Crippen molar-refractivity contribution in [1.29, 1.82) is 5.26 Å². The monoisotopic (exact) mass is 397 g/mol. The number of hydrogen-bond donors (Lipinski definition) is 1. The van der Waals surface area contributed by atoms with Crippen LogP contribution in [-0.4, -0.2) is 54.6 Å². The molecule has 1 saturated carbocycles. The zero-order valence-electron chi connectivity index (χ0n) is 16.6. The van der Waals surface area contributed by atoms with E-state index in [-0.39, 0.29) is 11.6 Å². The Hall–Kier alpha value is -2.79. The number of piperazine rings is 1. The van der Waals surface area contributed by atoms with E-state index in [9.17, 15) is 10.1 Å². The largest absolute Gasteiger partial charge is 0.459 e. The van der Waals surface area contributed by atoms with Crippen molar-refractivity contribution in [2.45, 2.75) is 44.6 Å². The molecule has 1 amide bonds. The molecule has 1 aliphatic heterocycles. The zero-order valence-corrected chi connectivity index (χ0v) is 16.6. The minimum Gasteiger partial charge on any atom is -0.459 e. The van der Waals surface area contributed by atoms with E-state index in [1.165, 1.54) is 19.3 Å². The molecule has 2 aliphatic rings. The van der Waals surface area contributed by atoms with Gasteiger partial charge in [-0.2, -0.15) is 10.2 Å². The van der Waals surface area contributed by atoms with Crippen LogP contribution in [-0.2, 0) is 4.79 Å². The van der Waals surface area contributed by atoms with Gasteiger partial charge in [-0.15, -0.1) is 0 Å². The first-order chi connectivity index (χ1) is 14.2. The number of carbonyl (C=O) groups excluding carboxylic acids is 1. The van der Waals surface area contributed by atoms with E-state index in [1.807, 2.05) is 4.90 Å². The van der Waals surface area contributed by atoms with Crippen molar-refractivity contribution in [2.24, 2.45) is 0 Å². The van der Waals surface area contributed by atoms with Gasteiger partial charge in [0.25, 0.3) is 5.89 Å². The maximum absolute atomic E-state index is 12.2. The number of nitriles is 1. The Morgan fingerprint density at radius 3 is 2.72 bits per heavy atom. The summed E-state index contributed by atoms with van der Waals surface area (Å²) in [5.74, 6) is 1.48. The number of rotatable bonds is 6. The minimum absolute atomic E-state index is 0.157. The molecule has 29 heavy (non-hydrogen) atoms. The fourth-order valence-electron chi connectivity index (χ4n) is 4.09. The molecule has 1 aliphatic carbocycles. The molecule has 0 spiro atoms. The maximum atomic E-state index is 12.2. The van der Waals surface area contributed by atoms with Crippen molar-refractivity contribution >= 4 is 11.8 Å². The number of carbonyl (C=O) groups is 1. The Kier molecular flexibility index (Phi) is 6.15. The highest BCUT2D eigenvalue weighted by Crippen LogP contribution is 2.29. The van der Waals surface area contributed by atoms with Gasteiger partial charge in [-0.1, -0.05) is 19.3 Å². The van der Waals surface area contributed by atoms with Gasteiger partial charge < -0.3 is 19.1 Å². The third kappa shape index (κ3) is 4.80. The Bertz CT molecular complexity index is 840. The second-order valence-corrected chi connectivity index (χ2v) is 7.74. The average molecular weight is 397 g/mol. The lowest BCUT2D eigenvalue weighted by Crippen LogP contribution is -2.47. The van der Waals surface area contributed by atoms with Gasteiger partial charge in [0, 0.05) is 45.2 Å². The summed E-state index contributed by atoms with van der Waals surface area (Å²) in [6.07, 6.45) is 8.05. The molecule has 8 heteroatoms. The summed E-state index contributed by atoms with van der Waals surface area (Å²) in [6.45, 7) is 3.85. The van der Waals surface area contributed by atoms with E-state index >= 15 is 0 Å². The van der Waals surface area contributed by atoms with Crippen LogP contribution in [0.15, 0.2) is 27.2 Å². The van der Waals surface area contributed by atoms with Crippen molar-refractivity contribution < 1.29 is 13.6 Å². The van der Waals surface area contributed by atoms with Crippen molar-refractivity contribution in [3.05, 3.63) is 24.1 Å². The first-order valence-electron chi connectivity index (χ1n) is 10.4. The first-order valence-corrected chi connectivity index (χ1v) is 10.4. The van der Waals surface area contributed by atoms with E-state index in [4.69, 9.17) is 8.83 Å². The Labute approximate surface area is 170 Å². The van der Waals surface area contributed by atoms with Gasteiger partial charge in [0.15, 0.2) is 5.76 Å². The summed E-state index contributed by atoms with van der Waals surface area (Å²) in [7, 11) is 0. The summed E-state index contributed by atoms with van der Waals surface area (Å²) in [6, 6.07) is 5.99. The fourth-order valence-corrected chi connectivity index (χ4v) is 4.09. The normalized spacial score (nSPS) is 18.5. The van der Waals surface area contributed by atoms with E-state index in [0.29, 0.717) is 30.0 Å². The summed E-state index contributed by atoms with van der Waals surface area (Å²) in [5.41, 5.74) is 0.275. The molecule has 2 aromatic heterocycles. The molecule has 8 nitrogen and oxygen atoms in total. The topological polar surface area (TPSA) is 98.5 Å². The number of hydrogen-bond acceptors (Lipinski definition) is 7. The van der Waals surface area contributed by atoms with Crippen molar-refractivity contribution in [1.82, 2.24) is 15.2 Å². The number of aromatic nitrogens is 1. The Balaban J connectivity index is 1.26. The SMILES string of the molecule is N#Cc1nc(-c2ccco2)oc1N1CCN(CCC(=O)NC2CCCCC2)CC1. The average Bonchev–Trinajstić information content (AvgIpc) is 3.43. The number of nitrogens with zero attached hydrogens (tertiary/aromatic N) is 4. The highest BCUT2D eigenvalue weighted by atomic mass is 16.4. The maximum Gasteiger partial charge on any atom is 0.266 e. The fraction of sp³-hybridized carbons (Fsp3) is 0.571. The van der Waals surface area contributed by atoms with Crippen LogP contribution in [0.1, 0.15) is 44.2 Å². The summed E-state index contributed by atoms with van der Waals surface area (Å²) in [4.78, 5) is 20.8. The quantitative estimate of drug-likeness (QED) is 0.800. The highest BCUT2D eigenvalue weighted by molar-refractivity contribution is 5.76. The van der Waals surface area contributed by atoms with Crippen LogP contribution in [0.3, 0.4) is 0 Å². The van der Waals surface area contributed by atoms with Crippen LogP contribution in [0.2, 0.25) is 0 Å².